The van der Waals surface area contributed by atoms with E-state index < -0.39 is 0 Å². The zero-order valence-electron chi connectivity index (χ0n) is 8.05. The zero-order chi connectivity index (χ0) is 8.97. The van der Waals surface area contributed by atoms with Crippen LogP contribution in [0.4, 0.5) is 0 Å². The van der Waals surface area contributed by atoms with E-state index in [-0.39, 0.29) is 0 Å². The minimum Gasteiger partial charge on any atom is -0.462 e. The Hall–Kier alpha value is -0.980. The molecular formula is C11H16O. The normalized spacial score (nSPS) is 9.92. The van der Waals surface area contributed by atoms with Gasteiger partial charge in [-0.25, -0.2) is 0 Å². The minimum atomic E-state index is 0.971. The Morgan fingerprint density at radius 2 is 2.17 bits per heavy atom. The van der Waals surface area contributed by atoms with Crippen molar-refractivity contribution < 1.29 is 4.42 Å². The van der Waals surface area contributed by atoms with Crippen molar-refractivity contribution in [2.24, 2.45) is 0 Å². The van der Waals surface area contributed by atoms with Crippen molar-refractivity contribution in [2.45, 2.75) is 33.6 Å². The fourth-order valence-electron chi connectivity index (χ4n) is 1.14. The van der Waals surface area contributed by atoms with Gasteiger partial charge in [-0.3, -0.25) is 0 Å². The molecule has 0 aliphatic carbocycles. The monoisotopic (exact) mass is 164 g/mol. The van der Waals surface area contributed by atoms with E-state index in [1.807, 2.05) is 6.07 Å². The third-order valence-electron chi connectivity index (χ3n) is 1.61. The molecule has 0 fully saturated rings. The highest BCUT2D eigenvalue weighted by atomic mass is 16.3. The van der Waals surface area contributed by atoms with Crippen LogP contribution in [0.15, 0.2) is 22.1 Å². The Labute approximate surface area is 74.1 Å². The molecule has 1 heterocycles. The molecule has 0 amide bonds. The lowest BCUT2D eigenvalue weighted by atomic mass is 10.2. The molecule has 0 unspecified atom stereocenters. The summed E-state index contributed by atoms with van der Waals surface area (Å²) < 4.78 is 5.56. The lowest BCUT2D eigenvalue weighted by molar-refractivity contribution is 0.498. The molecule has 1 heteroatoms. The largest absolute Gasteiger partial charge is 0.462 e. The SMILES string of the molecule is CCCc1ccc(C=C(C)C)o1. The third kappa shape index (κ3) is 2.57. The van der Waals surface area contributed by atoms with Crippen LogP contribution < -0.4 is 0 Å². The number of aryl methyl sites for hydroxylation is 1. The van der Waals surface area contributed by atoms with E-state index in [0.29, 0.717) is 0 Å². The summed E-state index contributed by atoms with van der Waals surface area (Å²) in [6.07, 6.45) is 4.23. The van der Waals surface area contributed by atoms with Gasteiger partial charge in [-0.1, -0.05) is 12.5 Å². The molecule has 1 rings (SSSR count). The Bertz CT molecular complexity index is 264. The summed E-state index contributed by atoms with van der Waals surface area (Å²) in [6, 6.07) is 4.08. The highest BCUT2D eigenvalue weighted by Crippen LogP contribution is 2.12. The lowest BCUT2D eigenvalue weighted by Gasteiger charge is -1.90. The fraction of sp³-hybridized carbons (Fsp3) is 0.455. The molecule has 0 spiro atoms. The molecule has 0 atom stereocenters. The van der Waals surface area contributed by atoms with Crippen molar-refractivity contribution in [3.05, 3.63) is 29.2 Å². The Morgan fingerprint density at radius 1 is 1.42 bits per heavy atom. The summed E-state index contributed by atoms with van der Waals surface area (Å²) in [5.74, 6) is 2.06. The van der Waals surface area contributed by atoms with Crippen LogP contribution in [0.5, 0.6) is 0 Å². The van der Waals surface area contributed by atoms with E-state index in [9.17, 15) is 0 Å². The van der Waals surface area contributed by atoms with Crippen LogP contribution in [-0.4, -0.2) is 0 Å². The first-order valence-electron chi connectivity index (χ1n) is 4.46. The van der Waals surface area contributed by atoms with E-state index >= 15 is 0 Å². The van der Waals surface area contributed by atoms with Gasteiger partial charge in [-0.2, -0.15) is 0 Å². The van der Waals surface area contributed by atoms with Crippen molar-refractivity contribution in [1.29, 1.82) is 0 Å². The molecule has 0 aromatic carbocycles. The highest BCUT2D eigenvalue weighted by molar-refractivity contribution is 5.46. The van der Waals surface area contributed by atoms with Crippen LogP contribution in [0.1, 0.15) is 38.7 Å². The number of allylic oxidation sites excluding steroid dienone is 1. The third-order valence-corrected chi connectivity index (χ3v) is 1.61. The molecule has 66 valence electrons. The number of rotatable bonds is 3. The maximum Gasteiger partial charge on any atom is 0.126 e. The van der Waals surface area contributed by atoms with Crippen molar-refractivity contribution in [2.75, 3.05) is 0 Å². The van der Waals surface area contributed by atoms with Gasteiger partial charge >= 0.3 is 0 Å². The van der Waals surface area contributed by atoms with Crippen LogP contribution in [0.25, 0.3) is 6.08 Å². The van der Waals surface area contributed by atoms with Crippen LogP contribution in [0, 0.1) is 0 Å². The topological polar surface area (TPSA) is 13.1 Å². The molecule has 0 aliphatic rings. The average molecular weight is 164 g/mol. The van der Waals surface area contributed by atoms with E-state index in [1.54, 1.807) is 0 Å². The summed E-state index contributed by atoms with van der Waals surface area (Å²) in [5, 5.41) is 0. The first-order valence-corrected chi connectivity index (χ1v) is 4.46. The molecule has 1 nitrogen and oxygen atoms in total. The van der Waals surface area contributed by atoms with E-state index in [1.165, 1.54) is 5.57 Å². The number of furan rings is 1. The summed E-state index contributed by atoms with van der Waals surface area (Å²) in [4.78, 5) is 0. The Morgan fingerprint density at radius 3 is 2.75 bits per heavy atom. The van der Waals surface area contributed by atoms with Gasteiger partial charge in [0, 0.05) is 6.42 Å². The molecule has 0 saturated carbocycles. The van der Waals surface area contributed by atoms with Gasteiger partial charge in [-0.15, -0.1) is 0 Å². The van der Waals surface area contributed by atoms with E-state index in [4.69, 9.17) is 4.42 Å². The summed E-state index contributed by atoms with van der Waals surface area (Å²) in [6.45, 7) is 6.30. The van der Waals surface area contributed by atoms with Crippen LogP contribution in [0.2, 0.25) is 0 Å². The predicted molar refractivity (Wildman–Crippen MR) is 52.0 cm³/mol. The molecule has 0 aliphatic heterocycles. The number of hydrogen-bond acceptors (Lipinski definition) is 1. The van der Waals surface area contributed by atoms with Crippen LogP contribution in [-0.2, 0) is 6.42 Å². The Kier molecular flexibility index (Phi) is 3.15. The van der Waals surface area contributed by atoms with Gasteiger partial charge in [-0.05, 0) is 38.5 Å². The summed E-state index contributed by atoms with van der Waals surface area (Å²) in [5.41, 5.74) is 1.27. The Balaban J connectivity index is 2.71. The maximum absolute atomic E-state index is 5.56. The molecule has 12 heavy (non-hydrogen) atoms. The number of hydrogen-bond donors (Lipinski definition) is 0. The lowest BCUT2D eigenvalue weighted by Crippen LogP contribution is -1.75. The first kappa shape index (κ1) is 9.11. The van der Waals surface area contributed by atoms with E-state index in [0.717, 1.165) is 24.4 Å². The van der Waals surface area contributed by atoms with Crippen molar-refractivity contribution in [3.8, 4) is 0 Å². The fourth-order valence-corrected chi connectivity index (χ4v) is 1.14. The molecule has 1 aromatic heterocycles. The quantitative estimate of drug-likeness (QED) is 0.664. The van der Waals surface area contributed by atoms with Gasteiger partial charge in [0.1, 0.15) is 11.5 Å². The predicted octanol–water partition coefficient (Wildman–Crippen LogP) is 3.66. The van der Waals surface area contributed by atoms with Crippen molar-refractivity contribution in [3.63, 3.8) is 0 Å². The van der Waals surface area contributed by atoms with E-state index in [2.05, 4.69) is 32.9 Å². The molecular weight excluding hydrogens is 148 g/mol. The minimum absolute atomic E-state index is 0.971. The van der Waals surface area contributed by atoms with Crippen LogP contribution in [0.3, 0.4) is 0 Å². The van der Waals surface area contributed by atoms with Crippen molar-refractivity contribution in [1.82, 2.24) is 0 Å². The van der Waals surface area contributed by atoms with Gasteiger partial charge < -0.3 is 4.42 Å². The van der Waals surface area contributed by atoms with Gasteiger partial charge in [0.25, 0.3) is 0 Å². The van der Waals surface area contributed by atoms with Gasteiger partial charge in [0.15, 0.2) is 0 Å². The van der Waals surface area contributed by atoms with Crippen LogP contribution >= 0.6 is 0 Å². The maximum atomic E-state index is 5.56. The van der Waals surface area contributed by atoms with Gasteiger partial charge in [0.05, 0.1) is 0 Å². The molecule has 0 saturated heterocycles. The average Bonchev–Trinajstić information content (AvgIpc) is 2.36. The molecule has 0 radical (unpaired) electrons. The first-order chi connectivity index (χ1) is 5.72. The smallest absolute Gasteiger partial charge is 0.126 e. The second-order valence-electron chi connectivity index (χ2n) is 3.28. The van der Waals surface area contributed by atoms with Crippen molar-refractivity contribution >= 4 is 6.08 Å². The molecule has 0 N–H and O–H groups in total. The van der Waals surface area contributed by atoms with Gasteiger partial charge in [0.2, 0.25) is 0 Å². The summed E-state index contributed by atoms with van der Waals surface area (Å²) in [7, 11) is 0. The molecule has 1 aromatic rings. The summed E-state index contributed by atoms with van der Waals surface area (Å²) >= 11 is 0. The molecule has 0 bridgehead atoms. The zero-order valence-corrected chi connectivity index (χ0v) is 8.05. The standard InChI is InChI=1S/C11H16O/c1-4-5-10-6-7-11(12-10)8-9(2)3/h6-8H,4-5H2,1-3H3. The second kappa shape index (κ2) is 4.15. The highest BCUT2D eigenvalue weighted by Gasteiger charge is 1.97. The second-order valence-corrected chi connectivity index (χ2v) is 3.28.